The molecular weight excluding hydrogens is 314 g/mol. The van der Waals surface area contributed by atoms with Gasteiger partial charge in [-0.3, -0.25) is 0 Å². The lowest BCUT2D eigenvalue weighted by Gasteiger charge is -2.27. The molecule has 6 heteroatoms. The molecule has 0 spiro atoms. The summed E-state index contributed by atoms with van der Waals surface area (Å²) in [5.41, 5.74) is 2.41. The van der Waals surface area contributed by atoms with Gasteiger partial charge >= 0.3 is 5.97 Å². The maximum absolute atomic E-state index is 12.4. The number of halogens is 1. The van der Waals surface area contributed by atoms with Crippen molar-refractivity contribution in [3.8, 4) is 0 Å². The first kappa shape index (κ1) is 15.7. The fraction of sp³-hybridized carbons (Fsp3) is 0.353. The van der Waals surface area contributed by atoms with Crippen molar-refractivity contribution in [1.82, 2.24) is 15.0 Å². The zero-order chi connectivity index (χ0) is 16.4. The summed E-state index contributed by atoms with van der Waals surface area (Å²) < 4.78 is 6.89. The van der Waals surface area contributed by atoms with E-state index in [1.54, 1.807) is 0 Å². The molecule has 1 heterocycles. The van der Waals surface area contributed by atoms with Gasteiger partial charge in [-0.05, 0) is 25.3 Å². The molecule has 1 aromatic carbocycles. The molecule has 23 heavy (non-hydrogen) atoms. The van der Waals surface area contributed by atoms with Gasteiger partial charge < -0.3 is 4.74 Å². The highest BCUT2D eigenvalue weighted by Gasteiger charge is 2.27. The number of hydrogen-bond acceptors (Lipinski definition) is 4. The highest BCUT2D eigenvalue weighted by Crippen LogP contribution is 2.32. The molecule has 0 unspecified atom stereocenters. The second kappa shape index (κ2) is 6.54. The molecule has 0 amide bonds. The number of hydrogen-bond donors (Lipinski definition) is 0. The first-order valence-corrected chi connectivity index (χ1v) is 7.93. The van der Waals surface area contributed by atoms with Crippen LogP contribution in [0, 0.1) is 5.92 Å². The lowest BCUT2D eigenvalue weighted by Crippen LogP contribution is -2.24. The Morgan fingerprint density at radius 3 is 2.78 bits per heavy atom. The molecule has 0 aliphatic heterocycles. The molecule has 5 nitrogen and oxygen atoms in total. The van der Waals surface area contributed by atoms with Crippen LogP contribution in [-0.2, 0) is 4.74 Å². The van der Waals surface area contributed by atoms with E-state index in [0.717, 1.165) is 18.4 Å². The van der Waals surface area contributed by atoms with Crippen LogP contribution in [0.1, 0.15) is 41.9 Å². The van der Waals surface area contributed by atoms with Crippen LogP contribution in [0.25, 0.3) is 0 Å². The third-order valence-electron chi connectivity index (χ3n) is 4.10. The molecule has 1 fully saturated rings. The molecule has 1 saturated carbocycles. The van der Waals surface area contributed by atoms with Crippen LogP contribution in [0.15, 0.2) is 42.5 Å². The summed E-state index contributed by atoms with van der Waals surface area (Å²) in [6.45, 7) is 6.20. The molecule has 0 radical (unpaired) electrons. The number of allylic oxidation sites excluding steroid dienone is 1. The summed E-state index contributed by atoms with van der Waals surface area (Å²) in [6.07, 6.45) is 1.83. The van der Waals surface area contributed by atoms with Crippen LogP contribution >= 0.6 is 11.6 Å². The van der Waals surface area contributed by atoms with Gasteiger partial charge in [0.15, 0.2) is 10.8 Å². The van der Waals surface area contributed by atoms with Gasteiger partial charge in [-0.25, -0.2) is 9.48 Å². The van der Waals surface area contributed by atoms with Crippen molar-refractivity contribution in [3.63, 3.8) is 0 Å². The van der Waals surface area contributed by atoms with E-state index in [1.165, 1.54) is 10.3 Å². The number of nitrogens with zero attached hydrogens (tertiary/aromatic N) is 3. The van der Waals surface area contributed by atoms with E-state index in [-0.39, 0.29) is 16.9 Å². The van der Waals surface area contributed by atoms with Crippen LogP contribution in [0.4, 0.5) is 0 Å². The second-order valence-corrected chi connectivity index (χ2v) is 6.24. The monoisotopic (exact) mass is 331 g/mol. The molecule has 1 aliphatic rings. The van der Waals surface area contributed by atoms with E-state index in [0.29, 0.717) is 12.5 Å². The zero-order valence-corrected chi connectivity index (χ0v) is 13.7. The number of rotatable bonds is 5. The SMILES string of the molecule is C=C1CC(COC(=O)c2c(Cl)nnn2[C@H](C)c2ccccc2)C1. The minimum Gasteiger partial charge on any atom is -0.461 e. The van der Waals surface area contributed by atoms with Gasteiger partial charge in [0.2, 0.25) is 0 Å². The number of esters is 1. The van der Waals surface area contributed by atoms with Gasteiger partial charge in [0.25, 0.3) is 0 Å². The van der Waals surface area contributed by atoms with Crippen molar-refractivity contribution in [1.29, 1.82) is 0 Å². The fourth-order valence-corrected chi connectivity index (χ4v) is 2.93. The average Bonchev–Trinajstić information content (AvgIpc) is 2.92. The summed E-state index contributed by atoms with van der Waals surface area (Å²) in [7, 11) is 0. The van der Waals surface area contributed by atoms with Crippen molar-refractivity contribution >= 4 is 17.6 Å². The van der Waals surface area contributed by atoms with Gasteiger partial charge in [0.1, 0.15) is 0 Å². The Bertz CT molecular complexity index is 719. The van der Waals surface area contributed by atoms with E-state index in [9.17, 15) is 4.79 Å². The van der Waals surface area contributed by atoms with E-state index >= 15 is 0 Å². The summed E-state index contributed by atoms with van der Waals surface area (Å²) in [5.74, 6) is -0.124. The Kier molecular flexibility index (Phi) is 4.48. The smallest absolute Gasteiger partial charge is 0.359 e. The van der Waals surface area contributed by atoms with Crippen LogP contribution in [0.2, 0.25) is 5.15 Å². The number of carbonyl (C=O) groups excluding carboxylic acids is 1. The van der Waals surface area contributed by atoms with Gasteiger partial charge in [-0.15, -0.1) is 5.10 Å². The first-order chi connectivity index (χ1) is 11.1. The molecule has 0 bridgehead atoms. The predicted octanol–water partition coefficient (Wildman–Crippen LogP) is 3.66. The quantitative estimate of drug-likeness (QED) is 0.619. The topological polar surface area (TPSA) is 57.0 Å². The van der Waals surface area contributed by atoms with E-state index in [4.69, 9.17) is 16.3 Å². The summed E-state index contributed by atoms with van der Waals surface area (Å²) >= 11 is 6.05. The number of aromatic nitrogens is 3. The van der Waals surface area contributed by atoms with Crippen LogP contribution in [0.3, 0.4) is 0 Å². The van der Waals surface area contributed by atoms with Crippen molar-refractivity contribution in [2.75, 3.05) is 6.61 Å². The largest absolute Gasteiger partial charge is 0.461 e. The van der Waals surface area contributed by atoms with E-state index in [2.05, 4.69) is 16.9 Å². The molecule has 120 valence electrons. The highest BCUT2D eigenvalue weighted by molar-refractivity contribution is 6.32. The third kappa shape index (κ3) is 3.29. The Labute approximate surface area is 139 Å². The fourth-order valence-electron chi connectivity index (χ4n) is 2.73. The normalized spacial score (nSPS) is 16.0. The third-order valence-corrected chi connectivity index (χ3v) is 4.35. The molecule has 1 atom stereocenters. The van der Waals surface area contributed by atoms with Gasteiger partial charge in [0, 0.05) is 5.92 Å². The Morgan fingerprint density at radius 1 is 1.43 bits per heavy atom. The predicted molar refractivity (Wildman–Crippen MR) is 87.4 cm³/mol. The lowest BCUT2D eigenvalue weighted by atomic mass is 9.82. The summed E-state index contributed by atoms with van der Waals surface area (Å²) in [5, 5.41) is 7.89. The van der Waals surface area contributed by atoms with Crippen LogP contribution in [0.5, 0.6) is 0 Å². The van der Waals surface area contributed by atoms with Gasteiger partial charge in [-0.2, -0.15) is 0 Å². The summed E-state index contributed by atoms with van der Waals surface area (Å²) in [6, 6.07) is 9.58. The van der Waals surface area contributed by atoms with Crippen molar-refractivity contribution < 1.29 is 9.53 Å². The number of ether oxygens (including phenoxy) is 1. The molecule has 0 N–H and O–H groups in total. The standard InChI is InChI=1S/C17H18ClN3O2/c1-11-8-13(9-11)10-23-17(22)15-16(18)19-20-21(15)12(2)14-6-4-3-5-7-14/h3-7,12-13H,1,8-10H2,2H3/t12-/m1/s1. The Balaban J connectivity index is 1.75. The average molecular weight is 332 g/mol. The van der Waals surface area contributed by atoms with Gasteiger partial charge in [-0.1, -0.05) is 59.3 Å². The minimum atomic E-state index is -0.486. The molecule has 1 aliphatic carbocycles. The Hall–Kier alpha value is -2.14. The summed E-state index contributed by atoms with van der Waals surface area (Å²) in [4.78, 5) is 12.4. The molecule has 2 aromatic rings. The van der Waals surface area contributed by atoms with Crippen molar-refractivity contribution in [2.24, 2.45) is 5.92 Å². The maximum atomic E-state index is 12.4. The zero-order valence-electron chi connectivity index (χ0n) is 12.9. The molecular formula is C17H18ClN3O2. The van der Waals surface area contributed by atoms with Crippen molar-refractivity contribution in [3.05, 3.63) is 58.9 Å². The number of carbonyl (C=O) groups is 1. The molecule has 0 saturated heterocycles. The van der Waals surface area contributed by atoms with Crippen LogP contribution < -0.4 is 0 Å². The van der Waals surface area contributed by atoms with Gasteiger partial charge in [0.05, 0.1) is 12.6 Å². The first-order valence-electron chi connectivity index (χ1n) is 7.55. The maximum Gasteiger partial charge on any atom is 0.359 e. The lowest BCUT2D eigenvalue weighted by molar-refractivity contribution is 0.0395. The van der Waals surface area contributed by atoms with Crippen molar-refractivity contribution in [2.45, 2.75) is 25.8 Å². The second-order valence-electron chi connectivity index (χ2n) is 5.88. The minimum absolute atomic E-state index is 0.0656. The number of benzene rings is 1. The van der Waals surface area contributed by atoms with E-state index < -0.39 is 5.97 Å². The molecule has 3 rings (SSSR count). The van der Waals surface area contributed by atoms with E-state index in [1.807, 2.05) is 37.3 Å². The highest BCUT2D eigenvalue weighted by atomic mass is 35.5. The molecule has 1 aromatic heterocycles. The van der Waals surface area contributed by atoms with Crippen LogP contribution in [-0.4, -0.2) is 27.6 Å². The Morgan fingerprint density at radius 2 is 2.13 bits per heavy atom.